The highest BCUT2D eigenvalue weighted by molar-refractivity contribution is 5.75. The molecule has 2 aromatic carbocycles. The molecule has 3 rings (SSSR count). The summed E-state index contributed by atoms with van der Waals surface area (Å²) in [6.45, 7) is 6.26. The van der Waals surface area contributed by atoms with Crippen LogP contribution in [0, 0.1) is 12.7 Å². The van der Waals surface area contributed by atoms with E-state index in [2.05, 4.69) is 10.2 Å². The Labute approximate surface area is 151 Å². The molecule has 0 aliphatic carbocycles. The van der Waals surface area contributed by atoms with Gasteiger partial charge in [0, 0.05) is 11.6 Å². The molecular formula is C20H21FN2O3. The van der Waals surface area contributed by atoms with Crippen LogP contribution in [0.3, 0.4) is 0 Å². The van der Waals surface area contributed by atoms with Gasteiger partial charge in [-0.3, -0.25) is 5.10 Å². The van der Waals surface area contributed by atoms with E-state index in [0.29, 0.717) is 40.8 Å². The van der Waals surface area contributed by atoms with Gasteiger partial charge in [0.25, 0.3) is 0 Å². The van der Waals surface area contributed by atoms with Crippen LogP contribution in [0.25, 0.3) is 11.3 Å². The third kappa shape index (κ3) is 3.49. The number of hydrogen-bond acceptors (Lipinski definition) is 4. The summed E-state index contributed by atoms with van der Waals surface area (Å²) in [7, 11) is 0. The van der Waals surface area contributed by atoms with Crippen molar-refractivity contribution in [3.63, 3.8) is 0 Å². The number of halogens is 1. The van der Waals surface area contributed by atoms with Gasteiger partial charge in [0.15, 0.2) is 5.75 Å². The average Bonchev–Trinajstić information content (AvgIpc) is 2.98. The van der Waals surface area contributed by atoms with Gasteiger partial charge in [0.05, 0.1) is 12.3 Å². The third-order valence-electron chi connectivity index (χ3n) is 4.04. The molecule has 0 aliphatic heterocycles. The molecule has 0 amide bonds. The topological polar surface area (TPSA) is 67.4 Å². The normalized spacial score (nSPS) is 10.8. The molecule has 0 saturated carbocycles. The first-order valence-electron chi connectivity index (χ1n) is 8.50. The number of benzene rings is 2. The van der Waals surface area contributed by atoms with Crippen molar-refractivity contribution in [1.29, 1.82) is 0 Å². The second-order valence-electron chi connectivity index (χ2n) is 5.85. The van der Waals surface area contributed by atoms with Crippen LogP contribution < -0.4 is 9.47 Å². The monoisotopic (exact) mass is 356 g/mol. The number of aromatic hydroxyl groups is 1. The first-order chi connectivity index (χ1) is 12.5. The lowest BCUT2D eigenvalue weighted by Gasteiger charge is -2.13. The van der Waals surface area contributed by atoms with Crippen molar-refractivity contribution < 1.29 is 19.0 Å². The molecule has 0 bridgehead atoms. The third-order valence-corrected chi connectivity index (χ3v) is 4.04. The minimum absolute atomic E-state index is 0.0566. The van der Waals surface area contributed by atoms with Crippen LogP contribution in [0.5, 0.6) is 23.0 Å². The Morgan fingerprint density at radius 3 is 2.54 bits per heavy atom. The zero-order valence-electron chi connectivity index (χ0n) is 15.0. The molecule has 1 aromatic heterocycles. The number of rotatable bonds is 6. The van der Waals surface area contributed by atoms with Crippen LogP contribution in [0.4, 0.5) is 4.39 Å². The van der Waals surface area contributed by atoms with Crippen molar-refractivity contribution in [3.8, 4) is 34.3 Å². The Balaban J connectivity index is 2.03. The van der Waals surface area contributed by atoms with E-state index in [0.717, 1.165) is 12.0 Å². The summed E-state index contributed by atoms with van der Waals surface area (Å²) in [6.07, 6.45) is 0.750. The molecule has 136 valence electrons. The molecule has 0 fully saturated rings. The van der Waals surface area contributed by atoms with Gasteiger partial charge in [-0.2, -0.15) is 5.10 Å². The van der Waals surface area contributed by atoms with E-state index in [1.165, 1.54) is 12.1 Å². The van der Waals surface area contributed by atoms with Crippen molar-refractivity contribution in [2.24, 2.45) is 0 Å². The highest BCUT2D eigenvalue weighted by Crippen LogP contribution is 2.41. The molecule has 0 aliphatic rings. The molecule has 26 heavy (non-hydrogen) atoms. The van der Waals surface area contributed by atoms with Crippen molar-refractivity contribution in [2.45, 2.75) is 27.2 Å². The summed E-state index contributed by atoms with van der Waals surface area (Å²) in [5, 5.41) is 17.7. The van der Waals surface area contributed by atoms with Gasteiger partial charge in [0.1, 0.15) is 28.8 Å². The van der Waals surface area contributed by atoms with E-state index >= 15 is 0 Å². The minimum Gasteiger partial charge on any atom is -0.507 e. The number of ether oxygens (including phenoxy) is 2. The first-order valence-corrected chi connectivity index (χ1v) is 8.50. The predicted molar refractivity (Wildman–Crippen MR) is 97.4 cm³/mol. The second-order valence-corrected chi connectivity index (χ2v) is 5.85. The summed E-state index contributed by atoms with van der Waals surface area (Å²) in [6, 6.07) is 9.20. The van der Waals surface area contributed by atoms with Crippen LogP contribution in [0.1, 0.15) is 25.1 Å². The summed E-state index contributed by atoms with van der Waals surface area (Å²) < 4.78 is 24.6. The van der Waals surface area contributed by atoms with Crippen LogP contribution in [-0.2, 0) is 6.42 Å². The van der Waals surface area contributed by atoms with Gasteiger partial charge >= 0.3 is 0 Å². The fourth-order valence-corrected chi connectivity index (χ4v) is 2.72. The Morgan fingerprint density at radius 1 is 1.15 bits per heavy atom. The van der Waals surface area contributed by atoms with Gasteiger partial charge in [-0.25, -0.2) is 4.39 Å². The van der Waals surface area contributed by atoms with Gasteiger partial charge < -0.3 is 14.6 Å². The SMILES string of the molecule is CCOc1cc(O)c(-c2n[nH]c(C)c2Oc2ccc(F)cc2)cc1CC. The number of aromatic nitrogens is 2. The maximum absolute atomic E-state index is 13.1. The van der Waals surface area contributed by atoms with Crippen LogP contribution in [-0.4, -0.2) is 21.9 Å². The maximum Gasteiger partial charge on any atom is 0.176 e. The Morgan fingerprint density at radius 2 is 1.88 bits per heavy atom. The molecule has 0 atom stereocenters. The zero-order valence-corrected chi connectivity index (χ0v) is 15.0. The standard InChI is InChI=1S/C20H21FN2O3/c1-4-13-10-16(17(24)11-18(13)25-5-2)19-20(12(3)22-23-19)26-15-8-6-14(21)7-9-15/h6-11,24H,4-5H2,1-3H3,(H,22,23). The number of aromatic amines is 1. The van der Waals surface area contributed by atoms with E-state index in [4.69, 9.17) is 9.47 Å². The largest absolute Gasteiger partial charge is 0.507 e. The fourth-order valence-electron chi connectivity index (χ4n) is 2.72. The lowest BCUT2D eigenvalue weighted by Crippen LogP contribution is -1.97. The molecule has 3 aromatic rings. The number of H-pyrrole nitrogens is 1. The Hall–Kier alpha value is -3.02. The fraction of sp³-hybridized carbons (Fsp3) is 0.250. The molecule has 6 heteroatoms. The summed E-state index contributed by atoms with van der Waals surface area (Å²) in [5.74, 6) is 1.35. The van der Waals surface area contributed by atoms with Crippen LogP contribution >= 0.6 is 0 Å². The van der Waals surface area contributed by atoms with E-state index < -0.39 is 0 Å². The van der Waals surface area contributed by atoms with Crippen molar-refractivity contribution in [3.05, 3.63) is 53.5 Å². The Kier molecular flexibility index (Phi) is 5.11. The van der Waals surface area contributed by atoms with E-state index in [-0.39, 0.29) is 11.6 Å². The number of nitrogens with one attached hydrogen (secondary N) is 1. The first kappa shape index (κ1) is 17.8. The van der Waals surface area contributed by atoms with E-state index in [1.807, 2.05) is 26.8 Å². The molecule has 0 spiro atoms. The van der Waals surface area contributed by atoms with Crippen molar-refractivity contribution >= 4 is 0 Å². The van der Waals surface area contributed by atoms with Crippen LogP contribution in [0.2, 0.25) is 0 Å². The molecular weight excluding hydrogens is 335 g/mol. The molecule has 2 N–H and O–H groups in total. The Bertz CT molecular complexity index is 904. The smallest absolute Gasteiger partial charge is 0.176 e. The number of phenolic OH excluding ortho intramolecular Hbond substituents is 1. The van der Waals surface area contributed by atoms with Crippen molar-refractivity contribution in [1.82, 2.24) is 10.2 Å². The lowest BCUT2D eigenvalue weighted by atomic mass is 10.0. The molecule has 1 heterocycles. The summed E-state index contributed by atoms with van der Waals surface area (Å²) >= 11 is 0. The second kappa shape index (κ2) is 7.47. The van der Waals surface area contributed by atoms with Gasteiger partial charge in [-0.15, -0.1) is 0 Å². The van der Waals surface area contributed by atoms with E-state index in [1.54, 1.807) is 18.2 Å². The van der Waals surface area contributed by atoms with Gasteiger partial charge in [-0.05, 0) is 56.2 Å². The lowest BCUT2D eigenvalue weighted by molar-refractivity contribution is 0.334. The summed E-state index contributed by atoms with van der Waals surface area (Å²) in [5.41, 5.74) is 2.71. The molecule has 5 nitrogen and oxygen atoms in total. The average molecular weight is 356 g/mol. The highest BCUT2D eigenvalue weighted by Gasteiger charge is 2.20. The number of nitrogens with zero attached hydrogens (tertiary/aromatic N) is 1. The highest BCUT2D eigenvalue weighted by atomic mass is 19.1. The quantitative estimate of drug-likeness (QED) is 0.653. The zero-order chi connectivity index (χ0) is 18.7. The van der Waals surface area contributed by atoms with Crippen LogP contribution in [0.15, 0.2) is 36.4 Å². The number of hydrogen-bond donors (Lipinski definition) is 2. The molecule has 0 saturated heterocycles. The number of phenols is 1. The molecule has 0 unspecified atom stereocenters. The van der Waals surface area contributed by atoms with Crippen molar-refractivity contribution in [2.75, 3.05) is 6.61 Å². The number of aryl methyl sites for hydroxylation is 2. The van der Waals surface area contributed by atoms with Gasteiger partial charge in [0.2, 0.25) is 0 Å². The maximum atomic E-state index is 13.1. The summed E-state index contributed by atoms with van der Waals surface area (Å²) in [4.78, 5) is 0. The predicted octanol–water partition coefficient (Wildman–Crippen LogP) is 4.98. The molecule has 0 radical (unpaired) electrons. The van der Waals surface area contributed by atoms with Gasteiger partial charge in [-0.1, -0.05) is 6.92 Å². The minimum atomic E-state index is -0.335. The van der Waals surface area contributed by atoms with E-state index in [9.17, 15) is 9.50 Å².